The van der Waals surface area contributed by atoms with Crippen molar-refractivity contribution in [2.75, 3.05) is 16.0 Å². The molecule has 1 heterocycles. The van der Waals surface area contributed by atoms with Crippen molar-refractivity contribution in [1.82, 2.24) is 0 Å². The number of amides is 2. The molecule has 2 amide bonds. The third-order valence-corrected chi connectivity index (χ3v) is 4.58. The molecule has 130 valence electrons. The summed E-state index contributed by atoms with van der Waals surface area (Å²) in [6.07, 6.45) is 0.0127. The highest BCUT2D eigenvalue weighted by Gasteiger charge is 2.26. The Labute approximate surface area is 155 Å². The zero-order chi connectivity index (χ0) is 18.1. The van der Waals surface area contributed by atoms with Crippen LogP contribution >= 0.6 is 11.6 Å². The Kier molecular flexibility index (Phi) is 4.22. The molecule has 3 N–H and O–H groups in total. The molecular formula is C20H16ClN3O2. The van der Waals surface area contributed by atoms with Crippen molar-refractivity contribution >= 4 is 51.2 Å². The zero-order valence-electron chi connectivity index (χ0n) is 13.8. The molecule has 0 saturated carbocycles. The summed E-state index contributed by atoms with van der Waals surface area (Å²) in [5.74, 6) is -0.488. The number of hydrogen-bond donors (Lipinski definition) is 3. The number of hydrogen-bond acceptors (Lipinski definition) is 3. The van der Waals surface area contributed by atoms with Crippen molar-refractivity contribution in [2.24, 2.45) is 0 Å². The summed E-state index contributed by atoms with van der Waals surface area (Å²) in [4.78, 5) is 25.0. The molecule has 0 bridgehead atoms. The average molecular weight is 366 g/mol. The molecule has 26 heavy (non-hydrogen) atoms. The van der Waals surface area contributed by atoms with Crippen LogP contribution in [0, 0.1) is 0 Å². The second-order valence-corrected chi connectivity index (χ2v) is 6.59. The van der Waals surface area contributed by atoms with Crippen LogP contribution in [-0.4, -0.2) is 17.9 Å². The molecule has 0 aliphatic carbocycles. The minimum atomic E-state index is -0.666. The van der Waals surface area contributed by atoms with Gasteiger partial charge in [0, 0.05) is 21.8 Å². The summed E-state index contributed by atoms with van der Waals surface area (Å²) in [5.41, 5.74) is 2.22. The fraction of sp³-hybridized carbons (Fsp3) is 0.100. The van der Waals surface area contributed by atoms with E-state index in [0.717, 1.165) is 22.1 Å². The Morgan fingerprint density at radius 1 is 1.00 bits per heavy atom. The van der Waals surface area contributed by atoms with Gasteiger partial charge in [0.1, 0.15) is 6.04 Å². The molecular weight excluding hydrogens is 350 g/mol. The van der Waals surface area contributed by atoms with Gasteiger partial charge in [0.15, 0.2) is 0 Å². The number of halogens is 1. The van der Waals surface area contributed by atoms with E-state index in [1.165, 1.54) is 0 Å². The van der Waals surface area contributed by atoms with Crippen LogP contribution in [0.1, 0.15) is 6.42 Å². The molecule has 0 saturated heterocycles. The maximum absolute atomic E-state index is 12.6. The first kappa shape index (κ1) is 16.4. The zero-order valence-corrected chi connectivity index (χ0v) is 14.5. The second kappa shape index (κ2) is 6.69. The topological polar surface area (TPSA) is 70.2 Å². The lowest BCUT2D eigenvalue weighted by Crippen LogP contribution is -2.36. The van der Waals surface area contributed by atoms with E-state index >= 15 is 0 Å². The molecule has 3 aromatic rings. The molecule has 0 radical (unpaired) electrons. The molecule has 0 unspecified atom stereocenters. The monoisotopic (exact) mass is 365 g/mol. The molecule has 3 aromatic carbocycles. The maximum atomic E-state index is 12.6. The molecule has 1 aliphatic rings. The van der Waals surface area contributed by atoms with Crippen LogP contribution in [0.4, 0.5) is 17.1 Å². The van der Waals surface area contributed by atoms with E-state index in [9.17, 15) is 9.59 Å². The SMILES string of the molecule is O=C(C[C@@H]1Nc2cccc3cccc(c23)NC1=O)Nc1ccc(Cl)cc1. The predicted octanol–water partition coefficient (Wildman–Crippen LogP) is 4.25. The van der Waals surface area contributed by atoms with Gasteiger partial charge in [0.2, 0.25) is 11.8 Å². The van der Waals surface area contributed by atoms with Gasteiger partial charge >= 0.3 is 0 Å². The minimum absolute atomic E-state index is 0.0127. The molecule has 4 rings (SSSR count). The Morgan fingerprint density at radius 3 is 2.42 bits per heavy atom. The van der Waals surface area contributed by atoms with Crippen LogP contribution in [0.5, 0.6) is 0 Å². The summed E-state index contributed by atoms with van der Waals surface area (Å²) in [6, 6.07) is 17.8. The van der Waals surface area contributed by atoms with Crippen molar-refractivity contribution < 1.29 is 9.59 Å². The third-order valence-electron chi connectivity index (χ3n) is 4.33. The summed E-state index contributed by atoms with van der Waals surface area (Å²) >= 11 is 5.85. The maximum Gasteiger partial charge on any atom is 0.247 e. The van der Waals surface area contributed by atoms with Gasteiger partial charge in [-0.25, -0.2) is 0 Å². The van der Waals surface area contributed by atoms with Gasteiger partial charge in [-0.1, -0.05) is 35.9 Å². The number of carbonyl (C=O) groups excluding carboxylic acids is 2. The Hall–Kier alpha value is -3.05. The fourth-order valence-electron chi connectivity index (χ4n) is 3.11. The van der Waals surface area contributed by atoms with Crippen LogP contribution in [0.3, 0.4) is 0 Å². The fourth-order valence-corrected chi connectivity index (χ4v) is 3.24. The van der Waals surface area contributed by atoms with E-state index in [2.05, 4.69) is 16.0 Å². The summed E-state index contributed by atoms with van der Waals surface area (Å²) < 4.78 is 0. The molecule has 1 atom stereocenters. The largest absolute Gasteiger partial charge is 0.373 e. The van der Waals surface area contributed by atoms with Gasteiger partial charge in [-0.2, -0.15) is 0 Å². The van der Waals surface area contributed by atoms with Gasteiger partial charge in [0.05, 0.1) is 12.1 Å². The van der Waals surface area contributed by atoms with Crippen LogP contribution in [0.25, 0.3) is 10.8 Å². The molecule has 6 heteroatoms. The Morgan fingerprint density at radius 2 is 1.69 bits per heavy atom. The van der Waals surface area contributed by atoms with Gasteiger partial charge in [-0.3, -0.25) is 9.59 Å². The van der Waals surface area contributed by atoms with Gasteiger partial charge in [0.25, 0.3) is 0 Å². The van der Waals surface area contributed by atoms with Crippen LogP contribution in [0.15, 0.2) is 60.7 Å². The van der Waals surface area contributed by atoms with Gasteiger partial charge in [-0.05, 0) is 41.8 Å². The van der Waals surface area contributed by atoms with E-state index in [0.29, 0.717) is 10.7 Å². The van der Waals surface area contributed by atoms with Crippen molar-refractivity contribution in [2.45, 2.75) is 12.5 Å². The van der Waals surface area contributed by atoms with Crippen molar-refractivity contribution in [1.29, 1.82) is 0 Å². The lowest BCUT2D eigenvalue weighted by molar-refractivity contribution is -0.121. The summed E-state index contributed by atoms with van der Waals surface area (Å²) in [5, 5.41) is 11.5. The van der Waals surface area contributed by atoms with Crippen LogP contribution in [0.2, 0.25) is 5.02 Å². The van der Waals surface area contributed by atoms with Crippen LogP contribution < -0.4 is 16.0 Å². The quantitative estimate of drug-likeness (QED) is 0.649. The first-order chi connectivity index (χ1) is 12.6. The third kappa shape index (κ3) is 3.21. The highest BCUT2D eigenvalue weighted by molar-refractivity contribution is 6.30. The van der Waals surface area contributed by atoms with E-state index < -0.39 is 6.04 Å². The summed E-state index contributed by atoms with van der Waals surface area (Å²) in [7, 11) is 0. The Balaban J connectivity index is 1.55. The van der Waals surface area contributed by atoms with Crippen molar-refractivity contribution in [3.8, 4) is 0 Å². The second-order valence-electron chi connectivity index (χ2n) is 6.15. The number of nitrogens with one attached hydrogen (secondary N) is 3. The summed E-state index contributed by atoms with van der Waals surface area (Å²) in [6.45, 7) is 0. The number of rotatable bonds is 3. The van der Waals surface area contributed by atoms with Gasteiger partial charge in [-0.15, -0.1) is 0 Å². The molecule has 1 aliphatic heterocycles. The number of carbonyl (C=O) groups is 2. The first-order valence-electron chi connectivity index (χ1n) is 8.25. The lowest BCUT2D eigenvalue weighted by atomic mass is 10.1. The highest BCUT2D eigenvalue weighted by atomic mass is 35.5. The first-order valence-corrected chi connectivity index (χ1v) is 8.62. The van der Waals surface area contributed by atoms with E-state index in [-0.39, 0.29) is 18.2 Å². The molecule has 5 nitrogen and oxygen atoms in total. The van der Waals surface area contributed by atoms with E-state index in [1.807, 2.05) is 36.4 Å². The molecule has 0 fully saturated rings. The molecule has 0 spiro atoms. The average Bonchev–Trinajstić information content (AvgIpc) is 2.76. The van der Waals surface area contributed by atoms with Gasteiger partial charge < -0.3 is 16.0 Å². The van der Waals surface area contributed by atoms with E-state index in [4.69, 9.17) is 11.6 Å². The Bertz CT molecular complexity index is 996. The number of benzene rings is 3. The molecule has 0 aromatic heterocycles. The minimum Gasteiger partial charge on any atom is -0.373 e. The van der Waals surface area contributed by atoms with Crippen LogP contribution in [-0.2, 0) is 9.59 Å². The van der Waals surface area contributed by atoms with Crippen molar-refractivity contribution in [3.05, 3.63) is 65.7 Å². The standard InChI is InChI=1S/C20H16ClN3O2/c21-13-7-9-14(10-8-13)22-18(25)11-17-20(26)24-16-6-2-4-12-3-1-5-15(23-17)19(12)16/h1-10,17,23H,11H2,(H,22,25)(H,24,26)/t17-/m0/s1. The normalized spacial score (nSPS) is 15.7. The van der Waals surface area contributed by atoms with Crippen molar-refractivity contribution in [3.63, 3.8) is 0 Å². The lowest BCUT2D eigenvalue weighted by Gasteiger charge is -2.16. The highest BCUT2D eigenvalue weighted by Crippen LogP contribution is 2.33. The predicted molar refractivity (Wildman–Crippen MR) is 105 cm³/mol. The smallest absolute Gasteiger partial charge is 0.247 e. The van der Waals surface area contributed by atoms with E-state index in [1.54, 1.807) is 24.3 Å². The number of anilines is 3.